The number of aromatic amines is 1. The summed E-state index contributed by atoms with van der Waals surface area (Å²) in [6.45, 7) is 7.34. The summed E-state index contributed by atoms with van der Waals surface area (Å²) in [6.07, 6.45) is 4.81. The first-order valence-electron chi connectivity index (χ1n) is 12.3. The van der Waals surface area contributed by atoms with Gasteiger partial charge in [0.25, 0.3) is 0 Å². The second-order valence-electron chi connectivity index (χ2n) is 9.46. The number of anilines is 1. The molecular weight excluding hydrogens is 506 g/mol. The first kappa shape index (κ1) is 25.2. The molecule has 2 fully saturated rings. The van der Waals surface area contributed by atoms with Gasteiger partial charge >= 0.3 is 5.76 Å². The summed E-state index contributed by atoms with van der Waals surface area (Å²) in [5.74, 6) is 0.197. The third-order valence-corrected chi connectivity index (χ3v) is 7.78. The van der Waals surface area contributed by atoms with Crippen LogP contribution in [-0.4, -0.2) is 69.7 Å². The van der Waals surface area contributed by atoms with Crippen molar-refractivity contribution in [2.24, 2.45) is 0 Å². The Kier molecular flexibility index (Phi) is 7.62. The highest BCUT2D eigenvalue weighted by molar-refractivity contribution is 6.33. The Hall–Kier alpha value is -2.46. The molecule has 1 unspecified atom stereocenters. The maximum atomic E-state index is 14.2. The number of nitrogens with one attached hydrogen (secondary N) is 1. The molecule has 11 heteroatoms. The van der Waals surface area contributed by atoms with Crippen LogP contribution in [0, 0.1) is 5.82 Å². The Morgan fingerprint density at radius 1 is 1.17 bits per heavy atom. The van der Waals surface area contributed by atoms with Crippen molar-refractivity contribution in [2.45, 2.75) is 44.8 Å². The lowest BCUT2D eigenvalue weighted by Crippen LogP contribution is -2.58. The summed E-state index contributed by atoms with van der Waals surface area (Å²) >= 11 is 12.5. The van der Waals surface area contributed by atoms with E-state index in [9.17, 15) is 9.18 Å². The summed E-state index contributed by atoms with van der Waals surface area (Å²) in [5, 5.41) is 4.65. The van der Waals surface area contributed by atoms with Gasteiger partial charge in [-0.1, -0.05) is 41.3 Å². The zero-order valence-corrected chi connectivity index (χ0v) is 21.6. The number of nitrogens with zero attached hydrogens (tertiary/aromatic N) is 5. The van der Waals surface area contributed by atoms with Gasteiger partial charge < -0.3 is 4.90 Å². The Bertz CT molecular complexity index is 1260. The van der Waals surface area contributed by atoms with Crippen molar-refractivity contribution in [3.63, 3.8) is 0 Å². The summed E-state index contributed by atoms with van der Waals surface area (Å²) < 4.78 is 18.8. The van der Waals surface area contributed by atoms with Crippen LogP contribution in [0.3, 0.4) is 0 Å². The number of hydrogen-bond donors (Lipinski definition) is 1. The highest BCUT2D eigenvalue weighted by Gasteiger charge is 2.34. The molecule has 0 radical (unpaired) electrons. The number of piperidine rings is 1. The van der Waals surface area contributed by atoms with Crippen LogP contribution in [0.5, 0.6) is 0 Å². The second kappa shape index (κ2) is 10.9. The molecule has 0 spiro atoms. The lowest BCUT2D eigenvalue weighted by Gasteiger charge is -2.47. The number of halogens is 3. The molecule has 0 aliphatic carbocycles. The number of hydrogen-bond acceptors (Lipinski definition) is 7. The van der Waals surface area contributed by atoms with Gasteiger partial charge in [-0.05, 0) is 50.6 Å². The lowest BCUT2D eigenvalue weighted by molar-refractivity contribution is 0.0607. The van der Waals surface area contributed by atoms with Crippen molar-refractivity contribution in [1.29, 1.82) is 0 Å². The summed E-state index contributed by atoms with van der Waals surface area (Å²) in [6, 6.07) is 7.59. The molecule has 192 valence electrons. The van der Waals surface area contributed by atoms with E-state index in [0.717, 1.165) is 57.8 Å². The van der Waals surface area contributed by atoms with E-state index in [1.54, 1.807) is 24.4 Å². The summed E-state index contributed by atoms with van der Waals surface area (Å²) in [5.41, 5.74) is 1.30. The number of benzene rings is 1. The number of aromatic nitrogens is 3. The Balaban J connectivity index is 1.19. The Labute approximate surface area is 219 Å². The maximum Gasteiger partial charge on any atom is 0.439 e. The van der Waals surface area contributed by atoms with Gasteiger partial charge in [-0.2, -0.15) is 0 Å². The van der Waals surface area contributed by atoms with E-state index in [1.807, 2.05) is 0 Å². The van der Waals surface area contributed by atoms with Crippen molar-refractivity contribution in [3.8, 4) is 11.4 Å². The van der Waals surface area contributed by atoms with Crippen LogP contribution in [0.4, 0.5) is 10.2 Å². The highest BCUT2D eigenvalue weighted by Crippen LogP contribution is 2.31. The minimum atomic E-state index is -0.616. The van der Waals surface area contributed by atoms with Crippen LogP contribution in [-0.2, 0) is 6.54 Å². The van der Waals surface area contributed by atoms with Crippen molar-refractivity contribution in [2.75, 3.05) is 37.6 Å². The molecule has 0 amide bonds. The van der Waals surface area contributed by atoms with Crippen LogP contribution >= 0.6 is 23.2 Å². The normalized spacial score (nSPS) is 20.2. The molecule has 1 atom stereocenters. The standard InChI is InChI=1S/C25H29Cl2FN6O2/c1-2-19-15-33(24-21(27)11-17(13-29-24)23-30-25(35)36-31-23)9-10-34(19)20-5-7-32(8-6-20)14-16-3-4-18(26)12-22(16)28/h3-4,11-13,19-20H,2,5-10,14-15H2,1H3,(H,30,31,35). The molecule has 2 aliphatic heterocycles. The predicted molar refractivity (Wildman–Crippen MR) is 138 cm³/mol. The highest BCUT2D eigenvalue weighted by atomic mass is 35.5. The van der Waals surface area contributed by atoms with Crippen LogP contribution in [0.1, 0.15) is 31.7 Å². The van der Waals surface area contributed by atoms with Crippen molar-refractivity contribution in [1.82, 2.24) is 24.9 Å². The van der Waals surface area contributed by atoms with Gasteiger partial charge in [0.05, 0.1) is 5.02 Å². The molecule has 0 saturated carbocycles. The first-order chi connectivity index (χ1) is 17.4. The van der Waals surface area contributed by atoms with Crippen molar-refractivity contribution in [3.05, 3.63) is 62.4 Å². The van der Waals surface area contributed by atoms with E-state index < -0.39 is 5.76 Å². The fourth-order valence-corrected chi connectivity index (χ4v) is 5.80. The summed E-state index contributed by atoms with van der Waals surface area (Å²) in [7, 11) is 0. The number of pyridine rings is 1. The number of H-pyrrole nitrogens is 1. The molecule has 1 aromatic carbocycles. The average molecular weight is 535 g/mol. The zero-order chi connectivity index (χ0) is 25.2. The topological polar surface area (TPSA) is 81.5 Å². The molecule has 0 bridgehead atoms. The Morgan fingerprint density at radius 3 is 2.64 bits per heavy atom. The van der Waals surface area contributed by atoms with E-state index in [4.69, 9.17) is 23.2 Å². The van der Waals surface area contributed by atoms with Gasteiger partial charge in [0.1, 0.15) is 11.6 Å². The largest absolute Gasteiger partial charge is 0.439 e. The predicted octanol–water partition coefficient (Wildman–Crippen LogP) is 4.44. The third kappa shape index (κ3) is 5.44. The molecule has 8 nitrogen and oxygen atoms in total. The molecule has 2 aliphatic rings. The maximum absolute atomic E-state index is 14.2. The monoisotopic (exact) mass is 534 g/mol. The first-order valence-corrected chi connectivity index (χ1v) is 13.1. The number of rotatable bonds is 6. The smallest absolute Gasteiger partial charge is 0.353 e. The number of likely N-dealkylation sites (tertiary alicyclic amines) is 1. The van der Waals surface area contributed by atoms with Crippen LogP contribution < -0.4 is 10.7 Å². The fraction of sp³-hybridized carbons (Fsp3) is 0.480. The zero-order valence-electron chi connectivity index (χ0n) is 20.1. The fourth-order valence-electron chi connectivity index (χ4n) is 5.35. The molecular formula is C25H29Cl2FN6O2. The molecule has 36 heavy (non-hydrogen) atoms. The van der Waals surface area contributed by atoms with Gasteiger partial charge in [-0.3, -0.25) is 19.3 Å². The van der Waals surface area contributed by atoms with Crippen LogP contribution in [0.2, 0.25) is 10.0 Å². The number of piperazine rings is 1. The molecule has 5 rings (SSSR count). The van der Waals surface area contributed by atoms with Gasteiger partial charge in [-0.15, -0.1) is 0 Å². The van der Waals surface area contributed by atoms with Crippen molar-refractivity contribution >= 4 is 29.0 Å². The van der Waals surface area contributed by atoms with Crippen LogP contribution in [0.15, 0.2) is 39.8 Å². The summed E-state index contributed by atoms with van der Waals surface area (Å²) in [4.78, 5) is 25.5. The van der Waals surface area contributed by atoms with Gasteiger partial charge in [0, 0.05) is 60.6 Å². The van der Waals surface area contributed by atoms with Crippen molar-refractivity contribution < 1.29 is 8.91 Å². The van der Waals surface area contributed by atoms with Crippen LogP contribution in [0.25, 0.3) is 11.4 Å². The van der Waals surface area contributed by atoms with Gasteiger partial charge in [-0.25, -0.2) is 14.2 Å². The van der Waals surface area contributed by atoms with E-state index in [2.05, 4.69) is 41.3 Å². The van der Waals surface area contributed by atoms with E-state index in [-0.39, 0.29) is 5.82 Å². The van der Waals surface area contributed by atoms with E-state index in [1.165, 1.54) is 6.07 Å². The lowest BCUT2D eigenvalue weighted by atomic mass is 9.97. The van der Waals surface area contributed by atoms with Gasteiger partial charge in [0.2, 0.25) is 0 Å². The minimum absolute atomic E-state index is 0.235. The van der Waals surface area contributed by atoms with Gasteiger partial charge in [0.15, 0.2) is 5.82 Å². The average Bonchev–Trinajstić information content (AvgIpc) is 3.32. The third-order valence-electron chi connectivity index (χ3n) is 7.27. The SMILES string of the molecule is CCC1CN(c2ncc(-c3noc(=O)[nH]3)cc2Cl)CCN1C1CCN(Cc2ccc(Cl)cc2F)CC1. The Morgan fingerprint density at radius 2 is 1.97 bits per heavy atom. The molecule has 3 aromatic rings. The molecule has 4 heterocycles. The molecule has 2 aromatic heterocycles. The quantitative estimate of drug-likeness (QED) is 0.500. The second-order valence-corrected chi connectivity index (χ2v) is 10.3. The molecule has 1 N–H and O–H groups in total. The van der Waals surface area contributed by atoms with E-state index >= 15 is 0 Å². The molecule has 2 saturated heterocycles. The van der Waals surface area contributed by atoms with E-state index in [0.29, 0.717) is 45.6 Å². The minimum Gasteiger partial charge on any atom is -0.353 e.